The van der Waals surface area contributed by atoms with Gasteiger partial charge in [0.25, 0.3) is 0 Å². The Kier molecular flexibility index (Phi) is 6.62. The molecule has 1 amide bonds. The number of carbonyl (C=O) groups is 2. The molecule has 4 nitrogen and oxygen atoms in total. The minimum atomic E-state index is -0.941. The van der Waals surface area contributed by atoms with E-state index in [1.807, 2.05) is 30.3 Å². The lowest BCUT2D eigenvalue weighted by atomic mass is 10.1. The van der Waals surface area contributed by atoms with Crippen molar-refractivity contribution in [3.8, 4) is 0 Å². The Balaban J connectivity index is 2.10. The fourth-order valence-corrected chi connectivity index (χ4v) is 2.47. The van der Waals surface area contributed by atoms with Gasteiger partial charge in [-0.15, -0.1) is 0 Å². The number of carboxylic acid groups (broad SMARTS) is 1. The lowest BCUT2D eigenvalue weighted by Crippen LogP contribution is -2.33. The van der Waals surface area contributed by atoms with Crippen LogP contribution in [0, 0.1) is 11.6 Å². The van der Waals surface area contributed by atoms with Crippen LogP contribution in [-0.4, -0.2) is 28.4 Å². The molecule has 1 N–H and O–H groups in total. The van der Waals surface area contributed by atoms with Crippen LogP contribution in [-0.2, 0) is 22.6 Å². The van der Waals surface area contributed by atoms with E-state index in [4.69, 9.17) is 5.11 Å². The summed E-state index contributed by atoms with van der Waals surface area (Å²) in [5.41, 5.74) is 0.868. The van der Waals surface area contributed by atoms with Gasteiger partial charge in [-0.05, 0) is 30.2 Å². The Bertz CT molecular complexity index is 735. The Hall–Kier alpha value is -2.76. The second kappa shape index (κ2) is 8.92. The van der Waals surface area contributed by atoms with Crippen LogP contribution in [0.4, 0.5) is 8.78 Å². The first kappa shape index (κ1) is 18.6. The highest BCUT2D eigenvalue weighted by molar-refractivity contribution is 5.79. The number of rotatable bonds is 8. The van der Waals surface area contributed by atoms with Crippen LogP contribution in [0.2, 0.25) is 0 Å². The topological polar surface area (TPSA) is 57.6 Å². The summed E-state index contributed by atoms with van der Waals surface area (Å²) in [5, 5.41) is 8.76. The molecule has 2 aromatic carbocycles. The van der Waals surface area contributed by atoms with Crippen molar-refractivity contribution in [2.75, 3.05) is 6.54 Å². The van der Waals surface area contributed by atoms with Crippen LogP contribution in [0.25, 0.3) is 0 Å². The van der Waals surface area contributed by atoms with E-state index in [0.717, 1.165) is 23.8 Å². The predicted octanol–water partition coefficient (Wildman–Crippen LogP) is 3.40. The molecule has 0 unspecified atom stereocenters. The van der Waals surface area contributed by atoms with Crippen LogP contribution in [0.3, 0.4) is 0 Å². The number of halogens is 2. The maximum atomic E-state index is 13.8. The summed E-state index contributed by atoms with van der Waals surface area (Å²) in [4.78, 5) is 24.7. The number of benzene rings is 2. The van der Waals surface area contributed by atoms with Crippen LogP contribution in [0.15, 0.2) is 48.5 Å². The Morgan fingerprint density at radius 3 is 2.44 bits per heavy atom. The zero-order valence-electron chi connectivity index (χ0n) is 13.6. The van der Waals surface area contributed by atoms with Crippen molar-refractivity contribution in [1.29, 1.82) is 0 Å². The average molecular weight is 347 g/mol. The molecule has 0 aliphatic carbocycles. The van der Waals surface area contributed by atoms with Crippen molar-refractivity contribution in [3.63, 3.8) is 0 Å². The summed E-state index contributed by atoms with van der Waals surface area (Å²) < 4.78 is 27.0. The maximum Gasteiger partial charge on any atom is 0.303 e. The van der Waals surface area contributed by atoms with Crippen LogP contribution >= 0.6 is 0 Å². The van der Waals surface area contributed by atoms with E-state index in [9.17, 15) is 18.4 Å². The monoisotopic (exact) mass is 347 g/mol. The molecule has 0 aromatic heterocycles. The van der Waals surface area contributed by atoms with Crippen LogP contribution < -0.4 is 0 Å². The molecule has 0 fully saturated rings. The summed E-state index contributed by atoms with van der Waals surface area (Å²) in [5.74, 6) is -2.56. The van der Waals surface area contributed by atoms with E-state index in [-0.39, 0.29) is 37.4 Å². The second-order valence-corrected chi connectivity index (χ2v) is 5.71. The summed E-state index contributed by atoms with van der Waals surface area (Å²) in [6, 6.07) is 12.2. The van der Waals surface area contributed by atoms with Gasteiger partial charge >= 0.3 is 5.97 Å². The Morgan fingerprint density at radius 1 is 1.04 bits per heavy atom. The molecule has 0 spiro atoms. The molecule has 0 saturated heterocycles. The molecule has 2 rings (SSSR count). The standard InChI is InChI=1S/C19H19F2NO3/c20-16-8-9-17(21)15(11-16)12-18(23)22(10-4-7-19(24)25)13-14-5-2-1-3-6-14/h1-3,5-6,8-9,11H,4,7,10,12-13H2,(H,24,25). The molecule has 132 valence electrons. The highest BCUT2D eigenvalue weighted by atomic mass is 19.1. The van der Waals surface area contributed by atoms with Gasteiger partial charge in [0.2, 0.25) is 5.91 Å². The minimum absolute atomic E-state index is 0.0127. The molecule has 0 atom stereocenters. The van der Waals surface area contributed by atoms with Crippen LogP contribution in [0.5, 0.6) is 0 Å². The molecule has 0 saturated carbocycles. The third-order valence-electron chi connectivity index (χ3n) is 3.74. The summed E-state index contributed by atoms with van der Waals surface area (Å²) in [6.45, 7) is 0.521. The quantitative estimate of drug-likeness (QED) is 0.796. The molecule has 6 heteroatoms. The average Bonchev–Trinajstić information content (AvgIpc) is 2.58. The Morgan fingerprint density at radius 2 is 1.76 bits per heavy atom. The van der Waals surface area contributed by atoms with E-state index in [2.05, 4.69) is 0 Å². The SMILES string of the molecule is O=C(O)CCCN(Cc1ccccc1)C(=O)Cc1cc(F)ccc1F. The van der Waals surface area contributed by atoms with Crippen molar-refractivity contribution in [2.24, 2.45) is 0 Å². The molecular formula is C19H19F2NO3. The predicted molar refractivity (Wildman–Crippen MR) is 88.8 cm³/mol. The molecule has 0 aliphatic heterocycles. The Labute approximate surface area is 144 Å². The van der Waals surface area contributed by atoms with Gasteiger partial charge in [0.05, 0.1) is 6.42 Å². The van der Waals surface area contributed by atoms with Crippen molar-refractivity contribution in [1.82, 2.24) is 4.90 Å². The van der Waals surface area contributed by atoms with Gasteiger partial charge in [0.1, 0.15) is 11.6 Å². The number of aliphatic carboxylic acids is 1. The molecular weight excluding hydrogens is 328 g/mol. The summed E-state index contributed by atoms with van der Waals surface area (Å²) in [6.07, 6.45) is -0.0457. The van der Waals surface area contributed by atoms with Crippen molar-refractivity contribution in [2.45, 2.75) is 25.8 Å². The van der Waals surface area contributed by atoms with Crippen molar-refractivity contribution in [3.05, 3.63) is 71.3 Å². The van der Waals surface area contributed by atoms with Gasteiger partial charge in [-0.25, -0.2) is 8.78 Å². The highest BCUT2D eigenvalue weighted by Crippen LogP contribution is 2.14. The maximum absolute atomic E-state index is 13.8. The normalized spacial score (nSPS) is 10.5. The van der Waals surface area contributed by atoms with E-state index in [1.54, 1.807) is 0 Å². The van der Waals surface area contributed by atoms with Gasteiger partial charge in [0.15, 0.2) is 0 Å². The number of nitrogens with zero attached hydrogens (tertiary/aromatic N) is 1. The first-order valence-electron chi connectivity index (χ1n) is 7.93. The largest absolute Gasteiger partial charge is 0.481 e. The number of amides is 1. The number of hydrogen-bond acceptors (Lipinski definition) is 2. The number of hydrogen-bond donors (Lipinski definition) is 1. The number of carboxylic acids is 1. The third-order valence-corrected chi connectivity index (χ3v) is 3.74. The van der Waals surface area contributed by atoms with Gasteiger partial charge in [-0.3, -0.25) is 9.59 Å². The molecule has 25 heavy (non-hydrogen) atoms. The minimum Gasteiger partial charge on any atom is -0.481 e. The smallest absolute Gasteiger partial charge is 0.303 e. The first-order chi connectivity index (χ1) is 12.0. The van der Waals surface area contributed by atoms with Gasteiger partial charge in [-0.2, -0.15) is 0 Å². The molecule has 2 aromatic rings. The fraction of sp³-hybridized carbons (Fsp3) is 0.263. The molecule has 0 aliphatic rings. The van der Waals surface area contributed by atoms with E-state index in [1.165, 1.54) is 4.90 Å². The number of carbonyl (C=O) groups excluding carboxylic acids is 1. The second-order valence-electron chi connectivity index (χ2n) is 5.71. The third kappa shape index (κ3) is 5.99. The van der Waals surface area contributed by atoms with Crippen LogP contribution in [0.1, 0.15) is 24.0 Å². The van der Waals surface area contributed by atoms with E-state index < -0.39 is 17.6 Å². The zero-order valence-corrected chi connectivity index (χ0v) is 13.6. The molecule has 0 bridgehead atoms. The van der Waals surface area contributed by atoms with Gasteiger partial charge in [-0.1, -0.05) is 30.3 Å². The summed E-state index contributed by atoms with van der Waals surface area (Å²) >= 11 is 0. The van der Waals surface area contributed by atoms with Crippen molar-refractivity contribution < 1.29 is 23.5 Å². The van der Waals surface area contributed by atoms with Gasteiger partial charge in [0, 0.05) is 25.1 Å². The zero-order chi connectivity index (χ0) is 18.2. The molecule has 0 heterocycles. The van der Waals surface area contributed by atoms with E-state index >= 15 is 0 Å². The lowest BCUT2D eigenvalue weighted by molar-refractivity contribution is -0.138. The van der Waals surface area contributed by atoms with Crippen molar-refractivity contribution >= 4 is 11.9 Å². The fourth-order valence-electron chi connectivity index (χ4n) is 2.47. The molecule has 0 radical (unpaired) electrons. The van der Waals surface area contributed by atoms with E-state index in [0.29, 0.717) is 6.42 Å². The summed E-state index contributed by atoms with van der Waals surface area (Å²) in [7, 11) is 0. The highest BCUT2D eigenvalue weighted by Gasteiger charge is 2.17. The first-order valence-corrected chi connectivity index (χ1v) is 7.93. The van der Waals surface area contributed by atoms with Gasteiger partial charge < -0.3 is 10.0 Å². The lowest BCUT2D eigenvalue weighted by Gasteiger charge is -2.23.